The van der Waals surface area contributed by atoms with Crippen LogP contribution in [0.15, 0.2) is 40.1 Å². The van der Waals surface area contributed by atoms with Gasteiger partial charge in [0.1, 0.15) is 20.0 Å². The molecule has 5 N–H and O–H groups in total. The molecule has 4 aromatic rings. The first-order chi connectivity index (χ1) is 20.8. The predicted molar refractivity (Wildman–Crippen MR) is 156 cm³/mol. The van der Waals surface area contributed by atoms with Crippen LogP contribution in [0.5, 0.6) is 0 Å². The van der Waals surface area contributed by atoms with E-state index < -0.39 is 87.0 Å². The van der Waals surface area contributed by atoms with Crippen LogP contribution in [0.1, 0.15) is 48.5 Å². The Bertz CT molecular complexity index is 2250. The third kappa shape index (κ3) is 5.88. The minimum atomic E-state index is -5.35. The fraction of sp³-hybridized carbons (Fsp3) is 0.111. The number of halogens is 3. The summed E-state index contributed by atoms with van der Waals surface area (Å²) in [6.45, 7) is 3.89. The zero-order valence-corrected chi connectivity index (χ0v) is 28.5. The third-order valence-corrected chi connectivity index (χ3v) is 9.53. The van der Waals surface area contributed by atoms with E-state index in [1.54, 1.807) is 0 Å². The van der Waals surface area contributed by atoms with Gasteiger partial charge in [-0.15, -0.1) is 0 Å². The van der Waals surface area contributed by atoms with Gasteiger partial charge in [-0.2, -0.15) is 27.2 Å². The topological polar surface area (TPSA) is 222 Å². The Balaban J connectivity index is 0.00000480. The molecule has 0 aliphatic heterocycles. The Morgan fingerprint density at radius 2 is 1.41 bits per heavy atom. The molecule has 1 heterocycles. The van der Waals surface area contributed by atoms with E-state index >= 15 is 0 Å². The van der Waals surface area contributed by atoms with Crippen molar-refractivity contribution in [1.82, 2.24) is 9.97 Å². The number of carbonyl (C=O) groups excluding carboxylic acids is 2. The molecule has 0 amide bonds. The van der Waals surface area contributed by atoms with Crippen LogP contribution >= 0.6 is 11.6 Å². The first-order valence-electron chi connectivity index (χ1n) is 12.5. The zero-order valence-electron chi connectivity index (χ0n) is 24.1. The number of nitrogens with two attached hydrogens (primary N) is 1. The van der Waals surface area contributed by atoms with Crippen LogP contribution in [0.3, 0.4) is 0 Å². The smallest absolute Gasteiger partial charge is 0.744 e. The van der Waals surface area contributed by atoms with Crippen molar-refractivity contribution in [2.75, 3.05) is 16.4 Å². The van der Waals surface area contributed by atoms with Crippen molar-refractivity contribution in [1.29, 1.82) is 0 Å². The van der Waals surface area contributed by atoms with Crippen LogP contribution in [-0.2, 0) is 20.2 Å². The summed E-state index contributed by atoms with van der Waals surface area (Å²) in [6.07, 6.45) is -1.52. The average Bonchev–Trinajstić information content (AvgIpc) is 2.93. The fourth-order valence-electron chi connectivity index (χ4n) is 5.29. The van der Waals surface area contributed by atoms with Gasteiger partial charge >= 0.3 is 35.6 Å². The SMILES string of the molecule is Cc1c(Nc2cc(S(=O)(=O)[O-])c(N)c3c2C(=O)c2ccccc2C3=O)c(C)c(S(=O)(=O)O)c(C)c1Nc1nc(F)nc(F)c1Cl.[Na+]. The number of nitrogen functional groups attached to an aromatic ring is 1. The number of nitrogens with one attached hydrogen (secondary N) is 2. The molecule has 0 saturated heterocycles. The Hall–Kier alpha value is -3.55. The summed E-state index contributed by atoms with van der Waals surface area (Å²) in [7, 11) is -10.4. The van der Waals surface area contributed by atoms with E-state index in [9.17, 15) is 44.3 Å². The van der Waals surface area contributed by atoms with Crippen LogP contribution in [0.25, 0.3) is 0 Å². The summed E-state index contributed by atoms with van der Waals surface area (Å²) >= 11 is 5.90. The number of carbonyl (C=O) groups is 2. The van der Waals surface area contributed by atoms with Crippen molar-refractivity contribution in [3.8, 4) is 0 Å². The van der Waals surface area contributed by atoms with Gasteiger partial charge in [-0.1, -0.05) is 35.9 Å². The van der Waals surface area contributed by atoms with Crippen molar-refractivity contribution >= 4 is 72.0 Å². The van der Waals surface area contributed by atoms with Crippen molar-refractivity contribution in [3.05, 3.63) is 86.3 Å². The van der Waals surface area contributed by atoms with Crippen molar-refractivity contribution in [2.24, 2.45) is 0 Å². The molecule has 234 valence electrons. The van der Waals surface area contributed by atoms with Crippen LogP contribution in [0.2, 0.25) is 5.02 Å². The summed E-state index contributed by atoms with van der Waals surface area (Å²) < 4.78 is 99.9. The van der Waals surface area contributed by atoms with E-state index in [0.717, 1.165) is 6.07 Å². The van der Waals surface area contributed by atoms with Gasteiger partial charge in [0, 0.05) is 22.5 Å². The summed E-state index contributed by atoms with van der Waals surface area (Å²) in [5, 5.41) is 4.49. The first-order valence-corrected chi connectivity index (χ1v) is 15.7. The van der Waals surface area contributed by atoms with E-state index in [1.807, 2.05) is 0 Å². The second-order valence-corrected chi connectivity index (χ2v) is 13.0. The minimum absolute atomic E-state index is 0. The van der Waals surface area contributed by atoms with Gasteiger partial charge in [0.15, 0.2) is 17.4 Å². The van der Waals surface area contributed by atoms with Crippen molar-refractivity contribution < 1.29 is 73.9 Å². The molecular formula is C27H19ClF2N5NaO8S2. The quantitative estimate of drug-likeness (QED) is 0.0646. The van der Waals surface area contributed by atoms with E-state index in [0.29, 0.717) is 0 Å². The molecular weight excluding hydrogens is 683 g/mol. The van der Waals surface area contributed by atoms with Gasteiger partial charge in [-0.25, -0.2) is 8.42 Å². The molecule has 19 heteroatoms. The molecule has 1 aliphatic carbocycles. The maximum atomic E-state index is 14.1. The molecule has 0 saturated carbocycles. The number of anilines is 5. The molecule has 0 atom stereocenters. The normalized spacial score (nSPS) is 12.7. The monoisotopic (exact) mass is 701 g/mol. The zero-order chi connectivity index (χ0) is 33.3. The molecule has 1 aliphatic rings. The van der Waals surface area contributed by atoms with Gasteiger partial charge in [-0.3, -0.25) is 14.1 Å². The van der Waals surface area contributed by atoms with Crippen LogP contribution < -0.4 is 45.9 Å². The average molecular weight is 702 g/mol. The summed E-state index contributed by atoms with van der Waals surface area (Å²) in [6, 6.07) is 6.33. The standard InChI is InChI=1S/C27H20ClF2N5O8S2.Na/c1-9-20(10(2)24(45(41,42)43)11(3)21(9)33-26-18(28)25(29)34-27(30)35-26)32-14-8-15(44(38,39)40)19(31)17-16(14)22(36)12-6-4-5-7-13(12)23(17)37;/h4-8,32H,31H2,1-3H3,(H,33,34,35)(H,38,39,40)(H,41,42,43);/q;+1/p-1. The van der Waals surface area contributed by atoms with Gasteiger partial charge in [0.25, 0.3) is 10.1 Å². The van der Waals surface area contributed by atoms with Gasteiger partial charge < -0.3 is 20.9 Å². The van der Waals surface area contributed by atoms with Crippen LogP contribution in [-0.4, -0.2) is 47.5 Å². The molecule has 13 nitrogen and oxygen atoms in total. The maximum Gasteiger partial charge on any atom is 1.00 e. The first kappa shape index (κ1) is 35.3. The Kier molecular flexibility index (Phi) is 9.39. The van der Waals surface area contributed by atoms with Gasteiger partial charge in [0.2, 0.25) is 5.95 Å². The van der Waals surface area contributed by atoms with E-state index in [1.165, 1.54) is 45.0 Å². The molecule has 3 aromatic carbocycles. The number of rotatable bonds is 6. The number of hydrogen-bond acceptors (Lipinski definition) is 12. The molecule has 0 fully saturated rings. The second kappa shape index (κ2) is 12.2. The molecule has 0 radical (unpaired) electrons. The van der Waals surface area contributed by atoms with Gasteiger partial charge in [0.05, 0.1) is 27.4 Å². The maximum absolute atomic E-state index is 14.1. The number of ketones is 2. The summed E-state index contributed by atoms with van der Waals surface area (Å²) in [5.41, 5.74) is 2.99. The Morgan fingerprint density at radius 1 is 0.891 bits per heavy atom. The molecule has 0 spiro atoms. The second-order valence-electron chi connectivity index (χ2n) is 9.87. The molecule has 46 heavy (non-hydrogen) atoms. The Labute approximate surface area is 287 Å². The fourth-order valence-corrected chi connectivity index (χ4v) is 7.03. The Morgan fingerprint density at radius 3 is 1.93 bits per heavy atom. The minimum Gasteiger partial charge on any atom is -0.744 e. The number of nitrogens with zero attached hydrogens (tertiary/aromatic N) is 2. The van der Waals surface area contributed by atoms with E-state index in [2.05, 4.69) is 20.6 Å². The largest absolute Gasteiger partial charge is 1.00 e. The summed E-state index contributed by atoms with van der Waals surface area (Å²) in [5.74, 6) is -3.69. The number of fused-ring (bicyclic) bond motifs is 2. The molecule has 1 aromatic heterocycles. The predicted octanol–water partition coefficient (Wildman–Crippen LogP) is 1.33. The molecule has 0 bridgehead atoms. The van der Waals surface area contributed by atoms with Gasteiger partial charge in [-0.05, 0) is 43.5 Å². The van der Waals surface area contributed by atoms with Crippen molar-refractivity contribution in [3.63, 3.8) is 0 Å². The number of hydrogen-bond donors (Lipinski definition) is 4. The molecule has 5 rings (SSSR count). The third-order valence-electron chi connectivity index (χ3n) is 7.20. The van der Waals surface area contributed by atoms with Crippen LogP contribution in [0.4, 0.5) is 37.3 Å². The van der Waals surface area contributed by atoms with E-state index in [4.69, 9.17) is 17.3 Å². The van der Waals surface area contributed by atoms with Crippen LogP contribution in [0, 0.1) is 32.8 Å². The van der Waals surface area contributed by atoms with E-state index in [-0.39, 0.29) is 68.7 Å². The molecule has 0 unspecified atom stereocenters. The summed E-state index contributed by atoms with van der Waals surface area (Å²) in [4.78, 5) is 31.7. The van der Waals surface area contributed by atoms with Crippen molar-refractivity contribution in [2.45, 2.75) is 30.6 Å². The number of benzene rings is 3. The number of aromatic nitrogens is 2.